The van der Waals surface area contributed by atoms with E-state index in [9.17, 15) is 14.4 Å². The van der Waals surface area contributed by atoms with Crippen molar-refractivity contribution in [3.63, 3.8) is 0 Å². The van der Waals surface area contributed by atoms with Crippen LogP contribution in [0, 0.1) is 12.8 Å². The Bertz CT molecular complexity index is 1170. The van der Waals surface area contributed by atoms with Crippen LogP contribution in [0.4, 0.5) is 11.4 Å². The van der Waals surface area contributed by atoms with Crippen LogP contribution in [0.5, 0.6) is 0 Å². The van der Waals surface area contributed by atoms with Crippen molar-refractivity contribution < 1.29 is 14.4 Å². The number of carbonyl (C=O) groups is 3. The zero-order valence-corrected chi connectivity index (χ0v) is 23.4. The van der Waals surface area contributed by atoms with Crippen molar-refractivity contribution in [1.29, 1.82) is 0 Å². The second-order valence-electron chi connectivity index (χ2n) is 11.0. The first-order valence-corrected chi connectivity index (χ1v) is 13.6. The molecule has 2 aliphatic heterocycles. The van der Waals surface area contributed by atoms with E-state index < -0.39 is 0 Å². The molecular formula is C31H45N5O3. The third kappa shape index (κ3) is 7.18. The van der Waals surface area contributed by atoms with Gasteiger partial charge in [-0.1, -0.05) is 45.5 Å². The number of benzene rings is 2. The van der Waals surface area contributed by atoms with Crippen molar-refractivity contribution >= 4 is 29.1 Å². The van der Waals surface area contributed by atoms with Crippen LogP contribution in [0.25, 0.3) is 0 Å². The van der Waals surface area contributed by atoms with Crippen LogP contribution in [0.2, 0.25) is 0 Å². The van der Waals surface area contributed by atoms with Crippen molar-refractivity contribution in [1.82, 2.24) is 15.3 Å². The lowest BCUT2D eigenvalue weighted by Gasteiger charge is -2.33. The highest BCUT2D eigenvalue weighted by Crippen LogP contribution is 2.34. The molecule has 212 valence electrons. The van der Waals surface area contributed by atoms with E-state index in [0.717, 1.165) is 35.3 Å². The van der Waals surface area contributed by atoms with Gasteiger partial charge in [0.25, 0.3) is 5.91 Å². The summed E-state index contributed by atoms with van der Waals surface area (Å²) in [6, 6.07) is 12.3. The molecule has 0 atom stereocenters. The van der Waals surface area contributed by atoms with Crippen LogP contribution in [0.3, 0.4) is 0 Å². The summed E-state index contributed by atoms with van der Waals surface area (Å²) >= 11 is 0. The van der Waals surface area contributed by atoms with Crippen molar-refractivity contribution in [2.45, 2.75) is 67.0 Å². The standard InChI is InChI=1S/C30H41N5O3.CH4/c1-21(2)9-8-14-31-28(36)19-34(26-16-23-12-13-29(37)32(4)27(23)15-22(26)3)20-30(38)33(5)35-17-24-10-6-7-11-25(24)18-35;/h6-7,10-11,15-16,21H,8-9,12-14,17-20H2,1-5H3,(H,31,36);1H4. The summed E-state index contributed by atoms with van der Waals surface area (Å²) in [4.78, 5) is 42.3. The fourth-order valence-electron chi connectivity index (χ4n) is 5.27. The molecule has 2 aromatic rings. The first-order valence-electron chi connectivity index (χ1n) is 13.6. The minimum atomic E-state index is -0.0952. The van der Waals surface area contributed by atoms with Gasteiger partial charge in [0.05, 0.1) is 13.1 Å². The summed E-state index contributed by atoms with van der Waals surface area (Å²) < 4.78 is 0. The fraction of sp³-hybridized carbons (Fsp3) is 0.516. The highest BCUT2D eigenvalue weighted by Gasteiger charge is 2.28. The van der Waals surface area contributed by atoms with E-state index in [2.05, 4.69) is 37.4 Å². The molecule has 8 nitrogen and oxygen atoms in total. The predicted octanol–water partition coefficient (Wildman–Crippen LogP) is 4.29. The van der Waals surface area contributed by atoms with Gasteiger partial charge in [0.1, 0.15) is 0 Å². The van der Waals surface area contributed by atoms with Gasteiger partial charge in [-0.3, -0.25) is 19.4 Å². The Balaban J connectivity index is 0.00000420. The predicted molar refractivity (Wildman–Crippen MR) is 157 cm³/mol. The van der Waals surface area contributed by atoms with Crippen LogP contribution >= 0.6 is 0 Å². The summed E-state index contributed by atoms with van der Waals surface area (Å²) in [6.07, 6.45) is 3.10. The van der Waals surface area contributed by atoms with E-state index in [4.69, 9.17) is 0 Å². The zero-order chi connectivity index (χ0) is 27.4. The quantitative estimate of drug-likeness (QED) is 0.460. The van der Waals surface area contributed by atoms with Gasteiger partial charge in [-0.25, -0.2) is 5.01 Å². The van der Waals surface area contributed by atoms with E-state index in [1.165, 1.54) is 11.1 Å². The Hall–Kier alpha value is -3.39. The Morgan fingerprint density at radius 1 is 1.03 bits per heavy atom. The fourth-order valence-corrected chi connectivity index (χ4v) is 5.27. The molecule has 2 aromatic carbocycles. The summed E-state index contributed by atoms with van der Waals surface area (Å²) in [5.74, 6) is 0.527. The minimum absolute atomic E-state index is 0. The van der Waals surface area contributed by atoms with Crippen LogP contribution in [-0.2, 0) is 33.9 Å². The monoisotopic (exact) mass is 535 g/mol. The lowest BCUT2D eigenvalue weighted by atomic mass is 9.98. The third-order valence-corrected chi connectivity index (χ3v) is 7.63. The number of carbonyl (C=O) groups excluding carboxylic acids is 3. The second-order valence-corrected chi connectivity index (χ2v) is 11.0. The number of hydrogen-bond donors (Lipinski definition) is 1. The molecule has 0 bridgehead atoms. The number of aryl methyl sites for hydroxylation is 2. The van der Waals surface area contributed by atoms with Gasteiger partial charge in [0.2, 0.25) is 11.8 Å². The van der Waals surface area contributed by atoms with E-state index in [1.54, 1.807) is 24.0 Å². The summed E-state index contributed by atoms with van der Waals surface area (Å²) in [5.41, 5.74) is 6.21. The van der Waals surface area contributed by atoms with Crippen LogP contribution < -0.4 is 15.1 Å². The summed E-state index contributed by atoms with van der Waals surface area (Å²) in [5, 5.41) is 6.76. The largest absolute Gasteiger partial charge is 0.355 e. The number of anilines is 2. The molecule has 1 N–H and O–H groups in total. The van der Waals surface area contributed by atoms with Crippen LogP contribution in [0.1, 0.15) is 62.8 Å². The van der Waals surface area contributed by atoms with Gasteiger partial charge in [0, 0.05) is 51.5 Å². The smallest absolute Gasteiger partial charge is 0.256 e. The van der Waals surface area contributed by atoms with Gasteiger partial charge in [0.15, 0.2) is 0 Å². The Morgan fingerprint density at radius 2 is 1.69 bits per heavy atom. The van der Waals surface area contributed by atoms with Crippen molar-refractivity contribution in [3.05, 3.63) is 58.7 Å². The Kier molecular flexibility index (Phi) is 10.1. The SMILES string of the molecule is C.Cc1cc2c(cc1N(CC(=O)NCCCC(C)C)CC(=O)N(C)N1Cc3ccccc3C1)CCC(=O)N2C. The van der Waals surface area contributed by atoms with Gasteiger partial charge in [-0.2, -0.15) is 0 Å². The maximum atomic E-state index is 13.5. The maximum absolute atomic E-state index is 13.5. The highest BCUT2D eigenvalue weighted by molar-refractivity contribution is 5.97. The maximum Gasteiger partial charge on any atom is 0.256 e. The molecule has 8 heteroatoms. The molecule has 0 saturated carbocycles. The van der Waals surface area contributed by atoms with Crippen LogP contribution in [0.15, 0.2) is 36.4 Å². The number of rotatable bonds is 10. The number of nitrogens with zero attached hydrogens (tertiary/aromatic N) is 4. The average Bonchev–Trinajstić information content (AvgIpc) is 3.32. The molecule has 2 aliphatic rings. The third-order valence-electron chi connectivity index (χ3n) is 7.63. The van der Waals surface area contributed by atoms with E-state index in [0.29, 0.717) is 38.4 Å². The van der Waals surface area contributed by atoms with Gasteiger partial charge < -0.3 is 15.1 Å². The normalized spacial score (nSPS) is 14.5. The van der Waals surface area contributed by atoms with E-state index >= 15 is 0 Å². The molecule has 0 unspecified atom stereocenters. The van der Waals surface area contributed by atoms with Crippen molar-refractivity contribution in [2.24, 2.45) is 5.92 Å². The number of hydrogen-bond acceptors (Lipinski definition) is 5. The first-order chi connectivity index (χ1) is 18.1. The zero-order valence-electron chi connectivity index (χ0n) is 23.4. The van der Waals surface area contributed by atoms with Gasteiger partial charge in [-0.15, -0.1) is 0 Å². The molecule has 4 rings (SSSR count). The average molecular weight is 536 g/mol. The molecular weight excluding hydrogens is 490 g/mol. The lowest BCUT2D eigenvalue weighted by molar-refractivity contribution is -0.145. The molecule has 39 heavy (non-hydrogen) atoms. The molecule has 3 amide bonds. The number of hydrazine groups is 1. The minimum Gasteiger partial charge on any atom is -0.355 e. The number of nitrogens with one attached hydrogen (secondary N) is 1. The number of likely N-dealkylation sites (N-methyl/N-ethyl adjacent to an activating group) is 1. The lowest BCUT2D eigenvalue weighted by Crippen LogP contribution is -2.48. The Labute approximate surface area is 233 Å². The van der Waals surface area contributed by atoms with E-state index in [-0.39, 0.29) is 38.2 Å². The Morgan fingerprint density at radius 3 is 2.33 bits per heavy atom. The highest BCUT2D eigenvalue weighted by atomic mass is 16.2. The second kappa shape index (κ2) is 13.1. The summed E-state index contributed by atoms with van der Waals surface area (Å²) in [7, 11) is 3.60. The molecule has 0 radical (unpaired) electrons. The summed E-state index contributed by atoms with van der Waals surface area (Å²) in [6.45, 7) is 8.50. The van der Waals surface area contributed by atoms with Crippen LogP contribution in [-0.4, -0.2) is 61.5 Å². The molecule has 0 aromatic heterocycles. The number of amides is 3. The topological polar surface area (TPSA) is 76.2 Å². The van der Waals surface area contributed by atoms with Crippen molar-refractivity contribution in [3.8, 4) is 0 Å². The van der Waals surface area contributed by atoms with Gasteiger partial charge in [-0.05, 0) is 66.5 Å². The van der Waals surface area contributed by atoms with Crippen molar-refractivity contribution in [2.75, 3.05) is 43.5 Å². The van der Waals surface area contributed by atoms with E-state index in [1.807, 2.05) is 35.0 Å². The molecule has 0 saturated heterocycles. The molecule has 0 aliphatic carbocycles. The first kappa shape index (κ1) is 30.2. The molecule has 2 heterocycles. The molecule has 0 fully saturated rings. The van der Waals surface area contributed by atoms with Gasteiger partial charge >= 0.3 is 0 Å². The molecule has 0 spiro atoms. The number of fused-ring (bicyclic) bond motifs is 2.